The minimum atomic E-state index is -0.802. The van der Waals surface area contributed by atoms with Crippen LogP contribution in [0.3, 0.4) is 0 Å². The van der Waals surface area contributed by atoms with Crippen LogP contribution in [0.25, 0.3) is 0 Å². The van der Waals surface area contributed by atoms with E-state index in [9.17, 15) is 14.9 Å². The molecule has 0 amide bonds. The number of ketones is 1. The van der Waals surface area contributed by atoms with Crippen molar-refractivity contribution in [3.63, 3.8) is 0 Å². The van der Waals surface area contributed by atoms with Gasteiger partial charge in [0.05, 0.1) is 5.92 Å². The number of hydrogen-bond donors (Lipinski definition) is 0. The van der Waals surface area contributed by atoms with Gasteiger partial charge in [-0.2, -0.15) is 0 Å². The van der Waals surface area contributed by atoms with Crippen molar-refractivity contribution in [2.45, 2.75) is 31.7 Å². The molecule has 2 aromatic rings. The summed E-state index contributed by atoms with van der Waals surface area (Å²) >= 11 is 3.35. The fourth-order valence-electron chi connectivity index (χ4n) is 2.60. The van der Waals surface area contributed by atoms with Gasteiger partial charge in [0.2, 0.25) is 6.04 Å². The summed E-state index contributed by atoms with van der Waals surface area (Å²) in [5, 5.41) is 11.4. The molecule has 0 aliphatic rings. The van der Waals surface area contributed by atoms with Crippen molar-refractivity contribution in [1.82, 2.24) is 4.98 Å². The maximum absolute atomic E-state index is 12.4. The largest absolute Gasteiger partial charge is 0.292 e. The van der Waals surface area contributed by atoms with Crippen molar-refractivity contribution in [2.75, 3.05) is 0 Å². The highest BCUT2D eigenvalue weighted by atomic mass is 79.9. The summed E-state index contributed by atoms with van der Waals surface area (Å²) in [5.41, 5.74) is 1.13. The van der Waals surface area contributed by atoms with E-state index in [1.165, 1.54) is 0 Å². The molecule has 1 aromatic heterocycles. The van der Waals surface area contributed by atoms with Gasteiger partial charge in [-0.25, -0.2) is 0 Å². The number of pyridine rings is 1. The van der Waals surface area contributed by atoms with Gasteiger partial charge in [-0.1, -0.05) is 41.1 Å². The molecule has 0 aliphatic heterocycles. The van der Waals surface area contributed by atoms with Crippen LogP contribution in [-0.4, -0.2) is 21.7 Å². The number of hydrogen-bond acceptors (Lipinski definition) is 4. The van der Waals surface area contributed by atoms with Crippen LogP contribution in [0.15, 0.2) is 53.1 Å². The van der Waals surface area contributed by atoms with Crippen LogP contribution >= 0.6 is 15.9 Å². The molecular formula is C17H17BrN2O3. The maximum Gasteiger partial charge on any atom is 0.220 e. The molecule has 2 rings (SSSR count). The Morgan fingerprint density at radius 1 is 1.26 bits per heavy atom. The van der Waals surface area contributed by atoms with E-state index in [1.807, 2.05) is 24.3 Å². The van der Waals surface area contributed by atoms with E-state index < -0.39 is 12.0 Å². The molecule has 0 N–H and O–H groups in total. The predicted octanol–water partition coefficient (Wildman–Crippen LogP) is 4.26. The third kappa shape index (κ3) is 4.45. The lowest BCUT2D eigenvalue weighted by Crippen LogP contribution is -2.29. The molecule has 2 atom stereocenters. The molecular weight excluding hydrogens is 360 g/mol. The van der Waals surface area contributed by atoms with E-state index in [2.05, 4.69) is 20.9 Å². The Bertz CT molecular complexity index is 674. The smallest absolute Gasteiger partial charge is 0.220 e. The first-order valence-electron chi connectivity index (χ1n) is 7.36. The van der Waals surface area contributed by atoms with Gasteiger partial charge < -0.3 is 0 Å². The summed E-state index contributed by atoms with van der Waals surface area (Å²) in [5.74, 6) is -0.656. The highest BCUT2D eigenvalue weighted by Gasteiger charge is 2.33. The maximum atomic E-state index is 12.4. The SMILES string of the molecule is CC[C@H]([C@@H](CC(=O)c1ccccn1)c1ccc(Br)cc1)[N+](=O)[O-]. The number of nitrogens with zero attached hydrogens (tertiary/aromatic N) is 2. The van der Waals surface area contributed by atoms with E-state index in [1.54, 1.807) is 31.3 Å². The van der Waals surface area contributed by atoms with Gasteiger partial charge in [-0.05, 0) is 29.8 Å². The molecule has 1 aromatic carbocycles. The van der Waals surface area contributed by atoms with Gasteiger partial charge in [-0.3, -0.25) is 19.9 Å². The molecule has 5 nitrogen and oxygen atoms in total. The Hall–Kier alpha value is -2.08. The van der Waals surface area contributed by atoms with Crippen molar-refractivity contribution in [3.05, 3.63) is 74.5 Å². The summed E-state index contributed by atoms with van der Waals surface area (Å²) in [7, 11) is 0. The first kappa shape index (κ1) is 17.3. The first-order chi connectivity index (χ1) is 11.0. The third-order valence-electron chi connectivity index (χ3n) is 3.81. The first-order valence-corrected chi connectivity index (χ1v) is 8.15. The minimum absolute atomic E-state index is 0.0676. The Morgan fingerprint density at radius 2 is 1.96 bits per heavy atom. The van der Waals surface area contributed by atoms with Crippen LogP contribution < -0.4 is 0 Å². The zero-order chi connectivity index (χ0) is 16.8. The van der Waals surface area contributed by atoms with Crippen molar-refractivity contribution in [2.24, 2.45) is 0 Å². The molecule has 0 saturated heterocycles. The Morgan fingerprint density at radius 3 is 2.48 bits per heavy atom. The Kier molecular flexibility index (Phi) is 5.98. The molecule has 6 heteroatoms. The lowest BCUT2D eigenvalue weighted by Gasteiger charge is -2.20. The second-order valence-corrected chi connectivity index (χ2v) is 6.18. The third-order valence-corrected chi connectivity index (χ3v) is 4.34. The summed E-state index contributed by atoms with van der Waals surface area (Å²) in [6.07, 6.45) is 1.98. The Balaban J connectivity index is 2.31. The summed E-state index contributed by atoms with van der Waals surface area (Å²) in [6, 6.07) is 11.6. The van der Waals surface area contributed by atoms with Gasteiger partial charge in [0, 0.05) is 28.4 Å². The average Bonchev–Trinajstić information content (AvgIpc) is 2.56. The van der Waals surface area contributed by atoms with Gasteiger partial charge in [0.25, 0.3) is 0 Å². The van der Waals surface area contributed by atoms with Crippen LogP contribution in [0.2, 0.25) is 0 Å². The monoisotopic (exact) mass is 376 g/mol. The topological polar surface area (TPSA) is 73.1 Å². The standard InChI is InChI=1S/C17H17BrN2O3/c1-2-16(20(22)23)14(12-6-8-13(18)9-7-12)11-17(21)15-5-3-4-10-19-15/h3-10,14,16H,2,11H2,1H3/t14-,16+/m0/s1. The highest BCUT2D eigenvalue weighted by Crippen LogP contribution is 2.29. The number of carbonyl (C=O) groups is 1. The second kappa shape index (κ2) is 7.97. The molecule has 1 heterocycles. The summed E-state index contributed by atoms with van der Waals surface area (Å²) in [6.45, 7) is 1.77. The number of benzene rings is 1. The lowest BCUT2D eigenvalue weighted by molar-refractivity contribution is -0.527. The summed E-state index contributed by atoms with van der Waals surface area (Å²) in [4.78, 5) is 27.6. The second-order valence-electron chi connectivity index (χ2n) is 5.26. The van der Waals surface area contributed by atoms with Crippen LogP contribution in [0, 0.1) is 10.1 Å². The zero-order valence-corrected chi connectivity index (χ0v) is 14.3. The number of aromatic nitrogens is 1. The molecule has 23 heavy (non-hydrogen) atoms. The molecule has 0 radical (unpaired) electrons. The lowest BCUT2D eigenvalue weighted by atomic mass is 9.85. The van der Waals surface area contributed by atoms with E-state index in [0.717, 1.165) is 10.0 Å². The molecule has 0 bridgehead atoms. The molecule has 0 spiro atoms. The van der Waals surface area contributed by atoms with Crippen LogP contribution in [0.4, 0.5) is 0 Å². The quantitative estimate of drug-likeness (QED) is 0.411. The normalized spacial score (nSPS) is 13.3. The predicted molar refractivity (Wildman–Crippen MR) is 91.1 cm³/mol. The van der Waals surface area contributed by atoms with Gasteiger partial charge >= 0.3 is 0 Å². The number of carbonyl (C=O) groups excluding carboxylic acids is 1. The Labute approximate surface area is 143 Å². The minimum Gasteiger partial charge on any atom is -0.292 e. The molecule has 0 aliphatic carbocycles. The van der Waals surface area contributed by atoms with Crippen molar-refractivity contribution < 1.29 is 9.72 Å². The van der Waals surface area contributed by atoms with E-state index >= 15 is 0 Å². The fraction of sp³-hybridized carbons (Fsp3) is 0.294. The van der Waals surface area contributed by atoms with Crippen molar-refractivity contribution >= 4 is 21.7 Å². The number of nitro groups is 1. The van der Waals surface area contributed by atoms with Gasteiger partial charge in [0.15, 0.2) is 5.78 Å². The summed E-state index contributed by atoms with van der Waals surface area (Å²) < 4.78 is 0.894. The van der Waals surface area contributed by atoms with E-state index in [-0.39, 0.29) is 17.1 Å². The molecule has 0 fully saturated rings. The van der Waals surface area contributed by atoms with Gasteiger partial charge in [0.1, 0.15) is 5.69 Å². The van der Waals surface area contributed by atoms with Crippen LogP contribution in [0.1, 0.15) is 41.7 Å². The number of halogens is 1. The van der Waals surface area contributed by atoms with Crippen molar-refractivity contribution in [1.29, 1.82) is 0 Å². The van der Waals surface area contributed by atoms with Crippen LogP contribution in [0.5, 0.6) is 0 Å². The molecule has 0 unspecified atom stereocenters. The van der Waals surface area contributed by atoms with E-state index in [4.69, 9.17) is 0 Å². The van der Waals surface area contributed by atoms with Gasteiger partial charge in [-0.15, -0.1) is 0 Å². The van der Waals surface area contributed by atoms with Crippen LogP contribution in [-0.2, 0) is 0 Å². The fourth-order valence-corrected chi connectivity index (χ4v) is 2.86. The van der Waals surface area contributed by atoms with E-state index in [0.29, 0.717) is 12.1 Å². The number of Topliss-reactive ketones (excluding diaryl/α,β-unsaturated/α-hetero) is 1. The molecule has 0 saturated carbocycles. The van der Waals surface area contributed by atoms with Crippen molar-refractivity contribution in [3.8, 4) is 0 Å². The highest BCUT2D eigenvalue weighted by molar-refractivity contribution is 9.10. The molecule has 120 valence electrons. The average molecular weight is 377 g/mol. The zero-order valence-electron chi connectivity index (χ0n) is 12.7. The number of rotatable bonds is 7.